The quantitative estimate of drug-likeness (QED) is 0.435. The van der Waals surface area contributed by atoms with Crippen molar-refractivity contribution < 1.29 is 9.21 Å². The highest BCUT2D eigenvalue weighted by atomic mass is 32.2. The zero-order valence-corrected chi connectivity index (χ0v) is 17.2. The van der Waals surface area contributed by atoms with Gasteiger partial charge in [-0.1, -0.05) is 42.1 Å². The fraction of sp³-hybridized carbons (Fsp3) is 0.182. The molecule has 1 aromatic carbocycles. The minimum atomic E-state index is -0.0954. The minimum Gasteiger partial charge on any atom is -0.461 e. The van der Waals surface area contributed by atoms with E-state index in [0.29, 0.717) is 23.3 Å². The van der Waals surface area contributed by atoms with Crippen molar-refractivity contribution >= 4 is 17.7 Å². The monoisotopic (exact) mass is 419 g/mol. The molecule has 1 unspecified atom stereocenters. The zero-order chi connectivity index (χ0) is 20.8. The van der Waals surface area contributed by atoms with Crippen LogP contribution in [0, 0.1) is 0 Å². The van der Waals surface area contributed by atoms with E-state index in [0.717, 1.165) is 11.1 Å². The van der Waals surface area contributed by atoms with E-state index in [1.54, 1.807) is 18.7 Å². The van der Waals surface area contributed by atoms with Crippen molar-refractivity contribution in [2.45, 2.75) is 24.7 Å². The van der Waals surface area contributed by atoms with E-state index >= 15 is 0 Å². The Kier molecular flexibility index (Phi) is 6.24. The van der Waals surface area contributed by atoms with Crippen LogP contribution in [0.1, 0.15) is 24.1 Å². The third-order valence-electron chi connectivity index (χ3n) is 4.56. The van der Waals surface area contributed by atoms with Crippen LogP contribution in [0.3, 0.4) is 0 Å². The van der Waals surface area contributed by atoms with E-state index in [1.807, 2.05) is 66.1 Å². The van der Waals surface area contributed by atoms with E-state index in [-0.39, 0.29) is 17.7 Å². The van der Waals surface area contributed by atoms with Gasteiger partial charge in [-0.25, -0.2) is 0 Å². The summed E-state index contributed by atoms with van der Waals surface area (Å²) in [5.41, 5.74) is 2.12. The molecule has 0 fully saturated rings. The first-order valence-corrected chi connectivity index (χ1v) is 10.5. The van der Waals surface area contributed by atoms with Crippen LogP contribution in [-0.4, -0.2) is 31.4 Å². The molecule has 7 nitrogen and oxygen atoms in total. The summed E-state index contributed by atoms with van der Waals surface area (Å²) in [5.74, 6) is 1.44. The molecule has 0 spiro atoms. The number of furan rings is 1. The van der Waals surface area contributed by atoms with Crippen LogP contribution < -0.4 is 5.32 Å². The summed E-state index contributed by atoms with van der Waals surface area (Å²) in [6, 6.07) is 17.4. The molecule has 0 aliphatic carbocycles. The summed E-state index contributed by atoms with van der Waals surface area (Å²) in [7, 11) is 0. The summed E-state index contributed by atoms with van der Waals surface area (Å²) < 4.78 is 7.49. The Morgan fingerprint density at radius 2 is 1.90 bits per heavy atom. The third kappa shape index (κ3) is 4.77. The number of carbonyl (C=O) groups excluding carboxylic acids is 1. The molecule has 30 heavy (non-hydrogen) atoms. The molecule has 4 aromatic rings. The van der Waals surface area contributed by atoms with Gasteiger partial charge in [-0.05, 0) is 42.3 Å². The number of benzene rings is 1. The fourth-order valence-corrected chi connectivity index (χ4v) is 3.79. The SMILES string of the molecule is CC(NC(=O)CSc1nnc(-c2ccco2)n1Cc1ccccc1)c1ccncc1. The predicted molar refractivity (Wildman–Crippen MR) is 115 cm³/mol. The molecule has 0 bridgehead atoms. The predicted octanol–water partition coefficient (Wildman–Crippen LogP) is 3.95. The van der Waals surface area contributed by atoms with Gasteiger partial charge in [0, 0.05) is 12.4 Å². The maximum absolute atomic E-state index is 12.5. The molecule has 1 amide bonds. The van der Waals surface area contributed by atoms with Crippen LogP contribution in [0.15, 0.2) is 82.8 Å². The van der Waals surface area contributed by atoms with Crippen molar-refractivity contribution in [3.8, 4) is 11.6 Å². The van der Waals surface area contributed by atoms with Crippen molar-refractivity contribution in [2.75, 3.05) is 5.75 Å². The second-order valence-electron chi connectivity index (χ2n) is 6.71. The van der Waals surface area contributed by atoms with E-state index in [9.17, 15) is 4.79 Å². The Hall–Kier alpha value is -3.39. The molecule has 8 heteroatoms. The van der Waals surface area contributed by atoms with Crippen LogP contribution in [-0.2, 0) is 11.3 Å². The number of pyridine rings is 1. The molecule has 0 radical (unpaired) electrons. The lowest BCUT2D eigenvalue weighted by Gasteiger charge is -2.14. The first-order valence-electron chi connectivity index (χ1n) is 9.54. The van der Waals surface area contributed by atoms with Gasteiger partial charge in [0.15, 0.2) is 10.9 Å². The first-order chi connectivity index (χ1) is 14.7. The molecule has 1 atom stereocenters. The van der Waals surface area contributed by atoms with Crippen LogP contribution in [0.4, 0.5) is 0 Å². The molecule has 0 saturated heterocycles. The van der Waals surface area contributed by atoms with Gasteiger partial charge in [0.25, 0.3) is 0 Å². The number of aromatic nitrogens is 4. The van der Waals surface area contributed by atoms with Gasteiger partial charge in [-0.3, -0.25) is 14.3 Å². The molecule has 0 aliphatic rings. The van der Waals surface area contributed by atoms with Gasteiger partial charge in [0.05, 0.1) is 24.6 Å². The second-order valence-corrected chi connectivity index (χ2v) is 7.66. The largest absolute Gasteiger partial charge is 0.461 e. The molecular formula is C22H21N5O2S. The Morgan fingerprint density at radius 3 is 2.63 bits per heavy atom. The average molecular weight is 420 g/mol. The van der Waals surface area contributed by atoms with Crippen molar-refractivity contribution in [1.82, 2.24) is 25.1 Å². The maximum atomic E-state index is 12.5. The number of nitrogens with zero attached hydrogens (tertiary/aromatic N) is 4. The Morgan fingerprint density at radius 1 is 1.10 bits per heavy atom. The number of amides is 1. The van der Waals surface area contributed by atoms with Crippen molar-refractivity contribution in [2.24, 2.45) is 0 Å². The lowest BCUT2D eigenvalue weighted by atomic mass is 10.1. The minimum absolute atomic E-state index is 0.0712. The molecule has 1 N–H and O–H groups in total. The van der Waals surface area contributed by atoms with Crippen molar-refractivity contribution in [3.05, 3.63) is 84.4 Å². The fourth-order valence-electron chi connectivity index (χ4n) is 3.04. The van der Waals surface area contributed by atoms with E-state index in [1.165, 1.54) is 11.8 Å². The topological polar surface area (TPSA) is 85.8 Å². The molecule has 3 aromatic heterocycles. The summed E-state index contributed by atoms with van der Waals surface area (Å²) in [4.78, 5) is 16.5. The second kappa shape index (κ2) is 9.41. The highest BCUT2D eigenvalue weighted by Gasteiger charge is 2.18. The lowest BCUT2D eigenvalue weighted by molar-refractivity contribution is -0.119. The van der Waals surface area contributed by atoms with Crippen molar-refractivity contribution in [1.29, 1.82) is 0 Å². The van der Waals surface area contributed by atoms with Gasteiger partial charge in [0.2, 0.25) is 11.7 Å². The molecular weight excluding hydrogens is 398 g/mol. The van der Waals surface area contributed by atoms with Crippen LogP contribution in [0.5, 0.6) is 0 Å². The van der Waals surface area contributed by atoms with Gasteiger partial charge in [-0.15, -0.1) is 10.2 Å². The van der Waals surface area contributed by atoms with E-state index in [2.05, 4.69) is 20.5 Å². The van der Waals surface area contributed by atoms with E-state index < -0.39 is 0 Å². The Labute approximate surface area is 178 Å². The Bertz CT molecular complexity index is 1080. The highest BCUT2D eigenvalue weighted by molar-refractivity contribution is 7.99. The summed E-state index contributed by atoms with van der Waals surface area (Å²) in [6.07, 6.45) is 5.04. The lowest BCUT2D eigenvalue weighted by Crippen LogP contribution is -2.28. The van der Waals surface area contributed by atoms with Gasteiger partial charge >= 0.3 is 0 Å². The average Bonchev–Trinajstić information content (AvgIpc) is 3.44. The summed E-state index contributed by atoms with van der Waals surface area (Å²) in [6.45, 7) is 2.53. The summed E-state index contributed by atoms with van der Waals surface area (Å²) in [5, 5.41) is 12.3. The number of carbonyl (C=O) groups is 1. The number of rotatable bonds is 8. The molecule has 4 rings (SSSR count). The van der Waals surface area contributed by atoms with Gasteiger partial charge in [0.1, 0.15) is 0 Å². The molecule has 152 valence electrons. The standard InChI is InChI=1S/C22H21N5O2S/c1-16(18-9-11-23-12-10-18)24-20(28)15-30-22-26-25-21(19-8-5-13-29-19)27(22)14-17-6-3-2-4-7-17/h2-13,16H,14-15H2,1H3,(H,24,28). The molecule has 3 heterocycles. The number of thioether (sulfide) groups is 1. The van der Waals surface area contributed by atoms with Crippen LogP contribution in [0.25, 0.3) is 11.6 Å². The Balaban J connectivity index is 1.47. The third-order valence-corrected chi connectivity index (χ3v) is 5.52. The van der Waals surface area contributed by atoms with E-state index in [4.69, 9.17) is 4.42 Å². The smallest absolute Gasteiger partial charge is 0.230 e. The molecule has 0 aliphatic heterocycles. The summed E-state index contributed by atoms with van der Waals surface area (Å²) >= 11 is 1.35. The highest BCUT2D eigenvalue weighted by Crippen LogP contribution is 2.25. The van der Waals surface area contributed by atoms with Crippen LogP contribution >= 0.6 is 11.8 Å². The van der Waals surface area contributed by atoms with Gasteiger partial charge < -0.3 is 9.73 Å². The molecule has 0 saturated carbocycles. The normalized spacial score (nSPS) is 11.9. The van der Waals surface area contributed by atoms with Crippen molar-refractivity contribution in [3.63, 3.8) is 0 Å². The number of nitrogens with one attached hydrogen (secondary N) is 1. The van der Waals surface area contributed by atoms with Crippen LogP contribution in [0.2, 0.25) is 0 Å². The van der Waals surface area contributed by atoms with Gasteiger partial charge in [-0.2, -0.15) is 0 Å². The first kappa shape index (κ1) is 19.9. The zero-order valence-electron chi connectivity index (χ0n) is 16.4. The maximum Gasteiger partial charge on any atom is 0.230 e. The number of hydrogen-bond acceptors (Lipinski definition) is 6. The number of hydrogen-bond donors (Lipinski definition) is 1.